The molecule has 0 unspecified atom stereocenters. The Balaban J connectivity index is 1.92. The molecule has 1 heterocycles. The molecule has 0 radical (unpaired) electrons. The molecule has 9 nitrogen and oxygen atoms in total. The Bertz CT molecular complexity index is 937. The molecule has 0 fully saturated rings. The normalized spacial score (nSPS) is 10.1. The van der Waals surface area contributed by atoms with Gasteiger partial charge in [-0.3, -0.25) is 10.1 Å². The molecule has 10 heteroatoms. The Morgan fingerprint density at radius 2 is 1.79 bits per heavy atom. The zero-order chi connectivity index (χ0) is 20.8. The number of imide groups is 1. The number of esters is 2. The Kier molecular flexibility index (Phi) is 6.48. The van der Waals surface area contributed by atoms with Gasteiger partial charge in [-0.05, 0) is 31.5 Å². The summed E-state index contributed by atoms with van der Waals surface area (Å²) in [6, 6.07) is 4.42. The number of nitrogens with one attached hydrogen (secondary N) is 3. The Labute approximate surface area is 159 Å². The number of aryl methyl sites for hydroxylation is 1. The third kappa shape index (κ3) is 4.72. The van der Waals surface area contributed by atoms with E-state index in [0.717, 1.165) is 6.07 Å². The first-order chi connectivity index (χ1) is 13.2. The number of ether oxygens (including phenoxy) is 2. The van der Waals surface area contributed by atoms with E-state index in [1.807, 2.05) is 5.32 Å². The first-order valence-electron chi connectivity index (χ1n) is 8.04. The highest BCUT2D eigenvalue weighted by Gasteiger charge is 2.24. The summed E-state index contributed by atoms with van der Waals surface area (Å²) < 4.78 is 22.9. The highest BCUT2D eigenvalue weighted by atomic mass is 19.1. The number of aromatic nitrogens is 1. The number of amides is 3. The molecule has 1 aromatic carbocycles. The van der Waals surface area contributed by atoms with Gasteiger partial charge in [-0.25, -0.2) is 18.8 Å². The van der Waals surface area contributed by atoms with Crippen LogP contribution in [-0.4, -0.2) is 42.6 Å². The van der Waals surface area contributed by atoms with Crippen molar-refractivity contribution in [2.45, 2.75) is 13.8 Å². The lowest BCUT2D eigenvalue weighted by Crippen LogP contribution is -2.37. The summed E-state index contributed by atoms with van der Waals surface area (Å²) in [6.45, 7) is 2.35. The first-order valence-corrected chi connectivity index (χ1v) is 8.04. The summed E-state index contributed by atoms with van der Waals surface area (Å²) in [7, 11) is 1.21. The average molecular weight is 391 g/mol. The zero-order valence-corrected chi connectivity index (χ0v) is 15.3. The number of rotatable bonds is 5. The number of methoxy groups -OCH3 is 1. The topological polar surface area (TPSA) is 127 Å². The van der Waals surface area contributed by atoms with Gasteiger partial charge in [0.2, 0.25) is 0 Å². The number of H-pyrrole nitrogens is 1. The fourth-order valence-corrected chi connectivity index (χ4v) is 2.44. The number of urea groups is 1. The van der Waals surface area contributed by atoms with Crippen molar-refractivity contribution in [2.75, 3.05) is 19.0 Å². The second-order valence-electron chi connectivity index (χ2n) is 5.67. The zero-order valence-electron chi connectivity index (χ0n) is 15.3. The van der Waals surface area contributed by atoms with Crippen LogP contribution in [0.25, 0.3) is 0 Å². The molecule has 28 heavy (non-hydrogen) atoms. The summed E-state index contributed by atoms with van der Waals surface area (Å²) in [4.78, 5) is 50.0. The second-order valence-corrected chi connectivity index (χ2v) is 5.67. The minimum absolute atomic E-state index is 0.0125. The van der Waals surface area contributed by atoms with E-state index in [0.29, 0.717) is 11.3 Å². The lowest BCUT2D eigenvalue weighted by atomic mass is 10.1. The average Bonchev–Trinajstić information content (AvgIpc) is 2.95. The van der Waals surface area contributed by atoms with Crippen molar-refractivity contribution in [3.63, 3.8) is 0 Å². The highest BCUT2D eigenvalue weighted by molar-refractivity contribution is 6.03. The van der Waals surface area contributed by atoms with Crippen molar-refractivity contribution < 1.29 is 33.0 Å². The molecule has 0 saturated carbocycles. The third-order valence-electron chi connectivity index (χ3n) is 3.74. The van der Waals surface area contributed by atoms with Crippen molar-refractivity contribution in [1.29, 1.82) is 0 Å². The van der Waals surface area contributed by atoms with Crippen LogP contribution in [0.4, 0.5) is 14.9 Å². The van der Waals surface area contributed by atoms with E-state index in [1.54, 1.807) is 6.92 Å². The van der Waals surface area contributed by atoms with Crippen molar-refractivity contribution in [3.8, 4) is 0 Å². The minimum Gasteiger partial charge on any atom is -0.465 e. The summed E-state index contributed by atoms with van der Waals surface area (Å²) in [6.07, 6.45) is 0. The smallest absolute Gasteiger partial charge is 0.355 e. The van der Waals surface area contributed by atoms with Gasteiger partial charge in [0.25, 0.3) is 5.91 Å². The monoisotopic (exact) mass is 391 g/mol. The van der Waals surface area contributed by atoms with Gasteiger partial charge in [0.1, 0.15) is 11.5 Å². The maximum atomic E-state index is 13.5. The van der Waals surface area contributed by atoms with Crippen LogP contribution in [-0.2, 0) is 14.3 Å². The number of aromatic amines is 1. The summed E-state index contributed by atoms with van der Waals surface area (Å²) >= 11 is 0. The van der Waals surface area contributed by atoms with Crippen LogP contribution in [0, 0.1) is 19.7 Å². The van der Waals surface area contributed by atoms with Crippen LogP contribution in [0.15, 0.2) is 24.3 Å². The molecule has 2 aromatic rings. The lowest BCUT2D eigenvalue weighted by Gasteiger charge is -2.08. The maximum Gasteiger partial charge on any atom is 0.355 e. The molecule has 0 saturated heterocycles. The van der Waals surface area contributed by atoms with Gasteiger partial charge in [0.15, 0.2) is 6.61 Å². The van der Waals surface area contributed by atoms with Gasteiger partial charge in [0, 0.05) is 5.69 Å². The van der Waals surface area contributed by atoms with Gasteiger partial charge in [-0.1, -0.05) is 12.1 Å². The molecule has 0 spiro atoms. The van der Waals surface area contributed by atoms with E-state index in [2.05, 4.69) is 15.0 Å². The minimum atomic E-state index is -0.981. The van der Waals surface area contributed by atoms with Gasteiger partial charge in [-0.15, -0.1) is 0 Å². The molecule has 0 bridgehead atoms. The van der Waals surface area contributed by atoms with Crippen molar-refractivity contribution in [1.82, 2.24) is 10.3 Å². The molecule has 2 rings (SSSR count). The number of halogens is 1. The van der Waals surface area contributed by atoms with Crippen molar-refractivity contribution in [3.05, 3.63) is 52.6 Å². The second kappa shape index (κ2) is 8.80. The number of benzene rings is 1. The number of carbonyl (C=O) groups excluding carboxylic acids is 4. The van der Waals surface area contributed by atoms with Crippen LogP contribution in [0.1, 0.15) is 32.1 Å². The number of para-hydroxylation sites is 1. The lowest BCUT2D eigenvalue weighted by molar-refractivity contribution is -0.123. The molecule has 1 aromatic heterocycles. The predicted molar refractivity (Wildman–Crippen MR) is 95.5 cm³/mol. The Morgan fingerprint density at radius 3 is 2.43 bits per heavy atom. The molecule has 0 aliphatic heterocycles. The number of anilines is 1. The fourth-order valence-electron chi connectivity index (χ4n) is 2.44. The number of hydrogen-bond acceptors (Lipinski definition) is 6. The summed E-state index contributed by atoms with van der Waals surface area (Å²) in [5.74, 6) is -3.10. The van der Waals surface area contributed by atoms with Crippen LogP contribution in [0.5, 0.6) is 0 Å². The van der Waals surface area contributed by atoms with Crippen LogP contribution >= 0.6 is 0 Å². The van der Waals surface area contributed by atoms with Gasteiger partial charge in [0.05, 0.1) is 18.4 Å². The maximum absolute atomic E-state index is 13.5. The highest BCUT2D eigenvalue weighted by Crippen LogP contribution is 2.19. The first kappa shape index (κ1) is 20.6. The SMILES string of the molecule is COC(=O)c1c(C)[nH]c(C(=O)OCC(=O)NC(=O)Nc2ccccc2F)c1C. The van der Waals surface area contributed by atoms with E-state index in [-0.39, 0.29) is 16.9 Å². The molecular weight excluding hydrogens is 373 g/mol. The molecule has 148 valence electrons. The van der Waals surface area contributed by atoms with E-state index >= 15 is 0 Å². The Morgan fingerprint density at radius 1 is 1.11 bits per heavy atom. The molecule has 3 N–H and O–H groups in total. The summed E-state index contributed by atoms with van der Waals surface area (Å²) in [5.41, 5.74) is 0.791. The molecule has 0 aliphatic carbocycles. The van der Waals surface area contributed by atoms with E-state index in [1.165, 1.54) is 32.2 Å². The third-order valence-corrected chi connectivity index (χ3v) is 3.74. The van der Waals surface area contributed by atoms with E-state index < -0.39 is 36.3 Å². The Hall–Kier alpha value is -3.69. The van der Waals surface area contributed by atoms with Gasteiger partial charge < -0.3 is 19.8 Å². The molecule has 0 aliphatic rings. The van der Waals surface area contributed by atoms with Crippen LogP contribution in [0.3, 0.4) is 0 Å². The predicted octanol–water partition coefficient (Wildman–Crippen LogP) is 2.06. The standard InChI is InChI=1S/C18H18FN3O6/c1-9-14(16(24)27-3)10(2)20-15(9)17(25)28-8-13(23)22-18(26)21-12-7-5-4-6-11(12)19/h4-7,20H,8H2,1-3H3,(H2,21,22,23,26). The van der Waals surface area contributed by atoms with Crippen LogP contribution < -0.4 is 10.6 Å². The molecule has 0 atom stereocenters. The largest absolute Gasteiger partial charge is 0.465 e. The summed E-state index contributed by atoms with van der Waals surface area (Å²) in [5, 5.41) is 4.06. The number of carbonyl (C=O) groups is 4. The molecular formula is C18H18FN3O6. The van der Waals surface area contributed by atoms with Gasteiger partial charge in [-0.2, -0.15) is 0 Å². The number of hydrogen-bond donors (Lipinski definition) is 3. The van der Waals surface area contributed by atoms with Crippen molar-refractivity contribution in [2.24, 2.45) is 0 Å². The van der Waals surface area contributed by atoms with Crippen LogP contribution in [0.2, 0.25) is 0 Å². The van der Waals surface area contributed by atoms with E-state index in [9.17, 15) is 23.6 Å². The molecule has 3 amide bonds. The van der Waals surface area contributed by atoms with Crippen molar-refractivity contribution >= 4 is 29.6 Å². The van der Waals surface area contributed by atoms with E-state index in [4.69, 9.17) is 4.74 Å². The van der Waals surface area contributed by atoms with Gasteiger partial charge >= 0.3 is 18.0 Å². The quantitative estimate of drug-likeness (QED) is 0.670. The fraction of sp³-hybridized carbons (Fsp3) is 0.222.